The third-order valence-corrected chi connectivity index (χ3v) is 20.8. The van der Waals surface area contributed by atoms with Crippen LogP contribution < -0.4 is 16.0 Å². The minimum absolute atomic E-state index is 0.186. The summed E-state index contributed by atoms with van der Waals surface area (Å²) in [5.41, 5.74) is 0. The quantitative estimate of drug-likeness (QED) is 0.0305. The van der Waals surface area contributed by atoms with Crippen LogP contribution in [0.5, 0.6) is 0 Å². The van der Waals surface area contributed by atoms with E-state index < -0.39 is 217 Å². The minimum Gasteiger partial charge on any atom is -0.394 e. The minimum atomic E-state index is -2.16. The Morgan fingerprint density at radius 3 is 1.11 bits per heavy atom. The molecule has 0 aromatic heterocycles. The van der Waals surface area contributed by atoms with E-state index in [-0.39, 0.29) is 12.3 Å². The predicted octanol–water partition coefficient (Wildman–Crippen LogP) is 1.87. The van der Waals surface area contributed by atoms with E-state index in [9.17, 15) is 91.0 Å². The first-order valence-corrected chi connectivity index (χ1v) is 40.1. The van der Waals surface area contributed by atoms with E-state index >= 15 is 0 Å². The molecule has 0 aromatic carbocycles. The molecule has 107 heavy (non-hydrogen) atoms. The van der Waals surface area contributed by atoms with E-state index in [4.69, 9.17) is 47.4 Å². The summed E-state index contributed by atoms with van der Waals surface area (Å²) in [5.74, 6) is -1.89. The lowest BCUT2D eigenvalue weighted by atomic mass is 9.94. The van der Waals surface area contributed by atoms with Crippen LogP contribution in [0.25, 0.3) is 0 Å². The number of carbonyl (C=O) groups excluding carboxylic acids is 3. The molecule has 5 aliphatic heterocycles. The Labute approximate surface area is 632 Å². The van der Waals surface area contributed by atoms with Gasteiger partial charge in [0.2, 0.25) is 17.7 Å². The number of rotatable bonds is 54. The van der Waals surface area contributed by atoms with Crippen molar-refractivity contribution in [3.63, 3.8) is 0 Å². The molecule has 5 heterocycles. The summed E-state index contributed by atoms with van der Waals surface area (Å²) in [4.78, 5) is 38.5. The number of nitrogens with one attached hydrogen (secondary N) is 3. The zero-order valence-electron chi connectivity index (χ0n) is 63.8. The molecule has 5 saturated heterocycles. The van der Waals surface area contributed by atoms with Gasteiger partial charge < -0.3 is 140 Å². The Kier molecular flexibility index (Phi) is 46.8. The zero-order valence-corrected chi connectivity index (χ0v) is 63.8. The normalized spacial score (nSPS) is 34.1. The van der Waals surface area contributed by atoms with Crippen molar-refractivity contribution in [1.82, 2.24) is 16.0 Å². The fourth-order valence-electron chi connectivity index (χ4n) is 14.4. The number of hydrogen-bond acceptors (Lipinski definition) is 28. The van der Waals surface area contributed by atoms with Gasteiger partial charge in [0.15, 0.2) is 31.5 Å². The largest absolute Gasteiger partial charge is 0.394 e. The summed E-state index contributed by atoms with van der Waals surface area (Å²) in [5, 5.41) is 175. The molecule has 5 rings (SSSR count). The van der Waals surface area contributed by atoms with Crippen LogP contribution in [-0.2, 0) is 61.8 Å². The van der Waals surface area contributed by atoms with E-state index in [1.807, 2.05) is 6.08 Å². The van der Waals surface area contributed by atoms with Crippen molar-refractivity contribution in [2.24, 2.45) is 0 Å². The number of aliphatic hydroxyl groups is 15. The lowest BCUT2D eigenvalue weighted by Crippen LogP contribution is -2.70. The molecular formula is C76H137N3O28. The van der Waals surface area contributed by atoms with Crippen LogP contribution in [0.2, 0.25) is 0 Å². The first-order valence-electron chi connectivity index (χ1n) is 40.1. The number of allylic oxidation sites excluding steroid dienone is 3. The highest BCUT2D eigenvalue weighted by Crippen LogP contribution is 2.37. The Morgan fingerprint density at radius 2 is 0.701 bits per heavy atom. The highest BCUT2D eigenvalue weighted by Gasteiger charge is 2.57. The zero-order chi connectivity index (χ0) is 78.2. The first kappa shape index (κ1) is 94.5. The van der Waals surface area contributed by atoms with Gasteiger partial charge in [-0.2, -0.15) is 0 Å². The summed E-state index contributed by atoms with van der Waals surface area (Å²) in [6.07, 6.45) is 0.170. The van der Waals surface area contributed by atoms with E-state index in [1.165, 1.54) is 128 Å². The third-order valence-electron chi connectivity index (χ3n) is 20.8. The van der Waals surface area contributed by atoms with Gasteiger partial charge in [0.1, 0.15) is 122 Å². The van der Waals surface area contributed by atoms with E-state index in [2.05, 4.69) is 41.9 Å². The van der Waals surface area contributed by atoms with Crippen molar-refractivity contribution < 1.29 is 138 Å². The van der Waals surface area contributed by atoms with Gasteiger partial charge in [0, 0.05) is 20.3 Å². The molecule has 0 spiro atoms. The Bertz CT molecular complexity index is 2430. The number of aliphatic hydroxyl groups excluding tert-OH is 15. The Balaban J connectivity index is 1.18. The highest BCUT2D eigenvalue weighted by atomic mass is 16.8. The maximum absolute atomic E-state index is 13.5. The molecule has 624 valence electrons. The third kappa shape index (κ3) is 31.7. The molecule has 0 aliphatic carbocycles. The van der Waals surface area contributed by atoms with Crippen molar-refractivity contribution in [3.8, 4) is 0 Å². The molecule has 0 aromatic rings. The van der Waals surface area contributed by atoms with Crippen molar-refractivity contribution in [3.05, 3.63) is 24.3 Å². The lowest BCUT2D eigenvalue weighted by Gasteiger charge is -2.50. The molecule has 0 bridgehead atoms. The summed E-state index contributed by atoms with van der Waals surface area (Å²) >= 11 is 0. The van der Waals surface area contributed by atoms with Crippen molar-refractivity contribution in [1.29, 1.82) is 0 Å². The van der Waals surface area contributed by atoms with E-state index in [1.54, 1.807) is 6.08 Å². The first-order chi connectivity index (χ1) is 51.6. The van der Waals surface area contributed by atoms with Crippen LogP contribution in [0.15, 0.2) is 24.3 Å². The number of ether oxygens (including phenoxy) is 10. The lowest BCUT2D eigenvalue weighted by molar-refractivity contribution is -0.385. The number of hydrogen-bond donors (Lipinski definition) is 18. The molecule has 10 unspecified atom stereocenters. The van der Waals surface area contributed by atoms with Crippen molar-refractivity contribution >= 4 is 17.7 Å². The van der Waals surface area contributed by atoms with Crippen LogP contribution >= 0.6 is 0 Å². The molecule has 27 atom stereocenters. The Hall–Kier alpha value is -3.11. The second-order valence-corrected chi connectivity index (χ2v) is 29.6. The summed E-state index contributed by atoms with van der Waals surface area (Å²) in [6.45, 7) is 1.39. The maximum atomic E-state index is 13.5. The fourth-order valence-corrected chi connectivity index (χ4v) is 14.4. The standard InChI is InChI=1S/C76H137N3O28/c1-5-7-9-11-13-15-17-19-20-21-22-23-24-25-26-28-30-32-34-36-38-40-56(88)79-49(50(87)39-37-35-33-31-29-27-18-16-14-12-10-8-6-2)46-98-74-65(95)64(94)69(55(45-84)103-74)105-76-67(97)71(61(91)53(43-82)101-76)107-73-58(78-48(4)86)63(93)68(54(44-83)102-73)104-75-66(96)70(60(90)52(42-81)100-75)106-72-57(77-47(3)85)62(92)59(89)51(41-80)99-72/h19-20,37,39,49-55,57-76,80-84,87,89-97H,5-18,21-36,38,40-46H2,1-4H3,(H,77,85)(H,78,86)(H,79,88)/b20-19-,39-37+/t49-,50+,51?,52?,53?,54?,55?,57?,58?,59+,60-,61-,62+,63+,64+,65?,66?,67?,68+,69+,70-,71-,72+,73-,74+,75-,76-/m0/s1. The summed E-state index contributed by atoms with van der Waals surface area (Å²) in [6, 6.07) is -4.40. The second kappa shape index (κ2) is 53.1. The SMILES string of the molecule is CCCCCCCC/C=C\CCCCCCCCCCCCCC(=O)N[C@@H](CO[C@@H]1OC(CO)[C@@H](O[C@@H]2OC(CO)[C@H](O)[C@H](O[C@@H]3OC(CO)[C@@H](O[C@@H]4OC(CO)[C@H](O)[C@H](O[C@H]5OC(CO)[C@@H](O)[C@H](O)C5NC(C)=O)C4O)[C@H](O)C3NC(C)=O)C2O)[C@H](O)C1O)[C@H](O)/C=C/CCCCCCCCCCCCC. The molecular weight excluding hydrogens is 1400 g/mol. The molecule has 5 aliphatic rings. The summed E-state index contributed by atoms with van der Waals surface area (Å²) < 4.78 is 59.1. The highest BCUT2D eigenvalue weighted by molar-refractivity contribution is 5.76. The average Bonchev–Trinajstić information content (AvgIpc) is 0.775. The van der Waals surface area contributed by atoms with Gasteiger partial charge in [-0.15, -0.1) is 0 Å². The number of unbranched alkanes of at least 4 members (excludes halogenated alkanes) is 28. The predicted molar refractivity (Wildman–Crippen MR) is 389 cm³/mol. The Morgan fingerprint density at radius 1 is 0.364 bits per heavy atom. The van der Waals surface area contributed by atoms with Gasteiger partial charge in [0.05, 0.1) is 51.8 Å². The van der Waals surface area contributed by atoms with Gasteiger partial charge in [-0.05, 0) is 44.9 Å². The smallest absolute Gasteiger partial charge is 0.220 e. The number of carbonyl (C=O) groups is 3. The van der Waals surface area contributed by atoms with E-state index in [0.29, 0.717) is 12.8 Å². The van der Waals surface area contributed by atoms with Gasteiger partial charge in [-0.1, -0.05) is 192 Å². The molecule has 18 N–H and O–H groups in total. The average molecular weight is 1540 g/mol. The van der Waals surface area contributed by atoms with Gasteiger partial charge >= 0.3 is 0 Å². The van der Waals surface area contributed by atoms with Crippen molar-refractivity contribution in [2.75, 3.05) is 39.6 Å². The molecule has 0 saturated carbocycles. The second-order valence-electron chi connectivity index (χ2n) is 29.6. The van der Waals surface area contributed by atoms with Crippen LogP contribution in [0.3, 0.4) is 0 Å². The van der Waals surface area contributed by atoms with Crippen LogP contribution in [-0.4, -0.2) is 300 Å². The van der Waals surface area contributed by atoms with Crippen LogP contribution in [0, 0.1) is 0 Å². The van der Waals surface area contributed by atoms with Crippen LogP contribution in [0.1, 0.15) is 233 Å². The molecule has 31 nitrogen and oxygen atoms in total. The van der Waals surface area contributed by atoms with Crippen LogP contribution in [0.4, 0.5) is 0 Å². The van der Waals surface area contributed by atoms with Gasteiger partial charge in [-0.25, -0.2) is 0 Å². The van der Waals surface area contributed by atoms with Gasteiger partial charge in [-0.3, -0.25) is 14.4 Å². The molecule has 3 amide bonds. The number of amides is 3. The fraction of sp³-hybridized carbons (Fsp3) is 0.908. The topological polar surface area (TPSA) is 483 Å². The maximum Gasteiger partial charge on any atom is 0.220 e. The molecule has 31 heteroatoms. The van der Waals surface area contributed by atoms with Gasteiger partial charge in [0.25, 0.3) is 0 Å². The monoisotopic (exact) mass is 1540 g/mol. The van der Waals surface area contributed by atoms with E-state index in [0.717, 1.165) is 71.6 Å². The summed E-state index contributed by atoms with van der Waals surface area (Å²) in [7, 11) is 0. The molecule has 0 radical (unpaired) electrons. The molecule has 5 fully saturated rings. The van der Waals surface area contributed by atoms with Crippen molar-refractivity contribution in [2.45, 2.75) is 399 Å².